The number of methoxy groups -OCH3 is 1. The van der Waals surface area contributed by atoms with Gasteiger partial charge in [0.15, 0.2) is 5.60 Å². The van der Waals surface area contributed by atoms with Crippen molar-refractivity contribution in [3.63, 3.8) is 0 Å². The number of carbonyl (C=O) groups excluding carboxylic acids is 2. The Hall–Kier alpha value is -3.21. The number of rotatable bonds is 5. The third kappa shape index (κ3) is 4.24. The lowest BCUT2D eigenvalue weighted by Crippen LogP contribution is -2.43. The molecule has 0 radical (unpaired) electrons. The molecule has 2 amide bonds. The van der Waals surface area contributed by atoms with Gasteiger partial charge < -0.3 is 20.5 Å². The molecule has 1 aromatic heterocycles. The Balaban J connectivity index is 2.01. The number of carbonyl (C=O) groups is 2. The second-order valence-corrected chi connectivity index (χ2v) is 7.66. The lowest BCUT2D eigenvalue weighted by molar-refractivity contribution is -0.261. The zero-order valence-corrected chi connectivity index (χ0v) is 17.4. The highest BCUT2D eigenvalue weighted by Crippen LogP contribution is 2.51. The number of anilines is 1. The van der Waals surface area contributed by atoms with Crippen molar-refractivity contribution in [2.24, 2.45) is 5.73 Å². The standard InChI is InChI=1S/C21H21F4N3O4/c1-10-14(22)5-4-12(16(10)31-3)13-9-20(2,21(23,24)25)32-17(13)19(30)28-11-6-7-27-15(8-11)18(26)29/h4-8,13,17H,9H2,1-3H3,(H2,26,29)(H,27,28,30)/t13-,17+,20+/m0/s1. The highest BCUT2D eigenvalue weighted by molar-refractivity contribution is 5.97. The van der Waals surface area contributed by atoms with Crippen LogP contribution >= 0.6 is 0 Å². The first-order valence-electron chi connectivity index (χ1n) is 9.52. The van der Waals surface area contributed by atoms with Gasteiger partial charge in [-0.05, 0) is 38.5 Å². The fourth-order valence-corrected chi connectivity index (χ4v) is 3.74. The minimum absolute atomic E-state index is 0.0442. The van der Waals surface area contributed by atoms with Gasteiger partial charge in [-0.3, -0.25) is 14.6 Å². The highest BCUT2D eigenvalue weighted by Gasteiger charge is 2.61. The van der Waals surface area contributed by atoms with Gasteiger partial charge in [0.1, 0.15) is 23.4 Å². The van der Waals surface area contributed by atoms with E-state index in [1.54, 1.807) is 0 Å². The molecule has 0 aliphatic carbocycles. The number of hydrogen-bond acceptors (Lipinski definition) is 5. The number of nitrogens with zero attached hydrogens (tertiary/aromatic N) is 1. The summed E-state index contributed by atoms with van der Waals surface area (Å²) < 4.78 is 65.8. The second-order valence-electron chi connectivity index (χ2n) is 7.66. The van der Waals surface area contributed by atoms with Crippen LogP contribution < -0.4 is 15.8 Å². The van der Waals surface area contributed by atoms with E-state index in [0.29, 0.717) is 0 Å². The van der Waals surface area contributed by atoms with Crippen molar-refractivity contribution < 1.29 is 36.6 Å². The van der Waals surface area contributed by atoms with Crippen LogP contribution in [0.4, 0.5) is 23.2 Å². The van der Waals surface area contributed by atoms with Crippen LogP contribution in [0.15, 0.2) is 30.5 Å². The number of halogens is 4. The van der Waals surface area contributed by atoms with Gasteiger partial charge in [-0.15, -0.1) is 0 Å². The molecule has 2 heterocycles. The van der Waals surface area contributed by atoms with Crippen LogP contribution in [0.3, 0.4) is 0 Å². The lowest BCUT2D eigenvalue weighted by Gasteiger charge is -2.27. The molecular formula is C21H21F4N3O4. The number of pyridine rings is 1. The fourth-order valence-electron chi connectivity index (χ4n) is 3.74. The molecule has 1 aliphatic rings. The van der Waals surface area contributed by atoms with E-state index >= 15 is 0 Å². The molecule has 0 saturated carbocycles. The zero-order valence-electron chi connectivity index (χ0n) is 17.4. The van der Waals surface area contributed by atoms with Crippen LogP contribution in [0.25, 0.3) is 0 Å². The molecule has 2 aromatic rings. The Labute approximate surface area is 180 Å². The molecule has 3 rings (SSSR count). The van der Waals surface area contributed by atoms with Crippen LogP contribution in [0, 0.1) is 12.7 Å². The van der Waals surface area contributed by atoms with Crippen molar-refractivity contribution >= 4 is 17.5 Å². The molecule has 1 aromatic carbocycles. The summed E-state index contributed by atoms with van der Waals surface area (Å²) in [6.07, 6.45) is -5.71. The first kappa shape index (κ1) is 23.5. The summed E-state index contributed by atoms with van der Waals surface area (Å²) in [5, 5.41) is 2.44. The monoisotopic (exact) mass is 455 g/mol. The van der Waals surface area contributed by atoms with Crippen LogP contribution in [0.2, 0.25) is 0 Å². The van der Waals surface area contributed by atoms with Crippen molar-refractivity contribution in [1.82, 2.24) is 4.98 Å². The van der Waals surface area contributed by atoms with Crippen molar-refractivity contribution in [1.29, 1.82) is 0 Å². The van der Waals surface area contributed by atoms with Crippen LogP contribution in [0.5, 0.6) is 5.75 Å². The molecule has 0 spiro atoms. The number of primary amides is 1. The molecule has 0 unspecified atom stereocenters. The van der Waals surface area contributed by atoms with Gasteiger partial charge >= 0.3 is 6.18 Å². The molecule has 7 nitrogen and oxygen atoms in total. The van der Waals surface area contributed by atoms with Gasteiger partial charge in [0.05, 0.1) is 7.11 Å². The molecule has 1 fully saturated rings. The summed E-state index contributed by atoms with van der Waals surface area (Å²) in [6.45, 7) is 2.28. The van der Waals surface area contributed by atoms with E-state index in [-0.39, 0.29) is 28.3 Å². The fraction of sp³-hybridized carbons (Fsp3) is 0.381. The van der Waals surface area contributed by atoms with E-state index in [0.717, 1.165) is 13.0 Å². The Morgan fingerprint density at radius 2 is 2.00 bits per heavy atom. The zero-order chi connectivity index (χ0) is 23.8. The summed E-state index contributed by atoms with van der Waals surface area (Å²) in [7, 11) is 1.27. The van der Waals surface area contributed by atoms with Crippen molar-refractivity contribution in [2.75, 3.05) is 12.4 Å². The van der Waals surface area contributed by atoms with Gasteiger partial charge in [0.25, 0.3) is 11.8 Å². The van der Waals surface area contributed by atoms with Gasteiger partial charge in [0, 0.05) is 28.9 Å². The Morgan fingerprint density at radius 1 is 1.31 bits per heavy atom. The summed E-state index contributed by atoms with van der Waals surface area (Å²) in [4.78, 5) is 28.0. The molecule has 3 N–H and O–H groups in total. The molecule has 0 bridgehead atoms. The molecule has 172 valence electrons. The van der Waals surface area contributed by atoms with Gasteiger partial charge in [0.2, 0.25) is 0 Å². The molecule has 3 atom stereocenters. The first-order valence-corrected chi connectivity index (χ1v) is 9.52. The van der Waals surface area contributed by atoms with Crippen LogP contribution in [-0.2, 0) is 9.53 Å². The number of hydrogen-bond donors (Lipinski definition) is 2. The third-order valence-electron chi connectivity index (χ3n) is 5.47. The largest absolute Gasteiger partial charge is 0.496 e. The highest BCUT2D eigenvalue weighted by atomic mass is 19.4. The Bertz CT molecular complexity index is 1060. The predicted molar refractivity (Wildman–Crippen MR) is 106 cm³/mol. The number of alkyl halides is 3. The van der Waals surface area contributed by atoms with E-state index in [1.807, 2.05) is 0 Å². The van der Waals surface area contributed by atoms with Crippen molar-refractivity contribution in [2.45, 2.75) is 44.1 Å². The number of amides is 2. The molecular weight excluding hydrogens is 434 g/mol. The van der Waals surface area contributed by atoms with Crippen molar-refractivity contribution in [3.05, 3.63) is 53.1 Å². The Kier molecular flexibility index (Phi) is 6.14. The van der Waals surface area contributed by atoms with Gasteiger partial charge in [-0.2, -0.15) is 13.2 Å². The van der Waals surface area contributed by atoms with Crippen LogP contribution in [0.1, 0.15) is 40.9 Å². The van der Waals surface area contributed by atoms with Gasteiger partial charge in [-0.1, -0.05) is 6.07 Å². The normalized spacial score (nSPS) is 23.1. The summed E-state index contributed by atoms with van der Waals surface area (Å²) in [5.74, 6) is -3.36. The summed E-state index contributed by atoms with van der Waals surface area (Å²) in [6, 6.07) is 4.93. The average molecular weight is 455 g/mol. The number of nitrogens with two attached hydrogens (primary N) is 1. The maximum atomic E-state index is 14.0. The number of benzene rings is 1. The topological polar surface area (TPSA) is 104 Å². The number of nitrogens with one attached hydrogen (secondary N) is 1. The maximum absolute atomic E-state index is 14.0. The smallest absolute Gasteiger partial charge is 0.417 e. The van der Waals surface area contributed by atoms with E-state index in [4.69, 9.17) is 15.2 Å². The lowest BCUT2D eigenvalue weighted by atomic mass is 9.85. The van der Waals surface area contributed by atoms with E-state index in [2.05, 4.69) is 10.3 Å². The summed E-state index contributed by atoms with van der Waals surface area (Å²) in [5.41, 5.74) is 2.83. The molecule has 32 heavy (non-hydrogen) atoms. The quantitative estimate of drug-likeness (QED) is 0.672. The van der Waals surface area contributed by atoms with Crippen LogP contribution in [-0.4, -0.2) is 41.8 Å². The molecule has 1 saturated heterocycles. The maximum Gasteiger partial charge on any atom is 0.417 e. The van der Waals surface area contributed by atoms with E-state index in [9.17, 15) is 27.2 Å². The molecule has 11 heteroatoms. The third-order valence-corrected chi connectivity index (χ3v) is 5.47. The van der Waals surface area contributed by atoms with E-state index in [1.165, 1.54) is 38.4 Å². The Morgan fingerprint density at radius 3 is 2.59 bits per heavy atom. The SMILES string of the molecule is COc1c([C@@H]2C[C@](C)(C(F)(F)F)O[C@H]2C(=O)Nc2ccnc(C(N)=O)c2)ccc(F)c1C. The number of aromatic nitrogens is 1. The average Bonchev–Trinajstić information content (AvgIpc) is 3.09. The van der Waals surface area contributed by atoms with Gasteiger partial charge in [-0.25, -0.2) is 4.39 Å². The number of ether oxygens (including phenoxy) is 2. The van der Waals surface area contributed by atoms with Crippen molar-refractivity contribution in [3.8, 4) is 5.75 Å². The predicted octanol–water partition coefficient (Wildman–Crippen LogP) is 3.47. The molecule has 1 aliphatic heterocycles. The van der Waals surface area contributed by atoms with E-state index < -0.39 is 47.9 Å². The minimum atomic E-state index is -4.77. The second kappa shape index (κ2) is 8.38. The first-order chi connectivity index (χ1) is 14.9. The summed E-state index contributed by atoms with van der Waals surface area (Å²) >= 11 is 0. The minimum Gasteiger partial charge on any atom is -0.496 e.